The number of nitrogens with one attached hydrogen (secondary N) is 1. The lowest BCUT2D eigenvalue weighted by Crippen LogP contribution is -2.68. The number of piperidine rings is 1. The Bertz CT molecular complexity index is 935. The van der Waals surface area contributed by atoms with Crippen molar-refractivity contribution in [3.05, 3.63) is 65.5 Å². The van der Waals surface area contributed by atoms with Gasteiger partial charge in [0.1, 0.15) is 6.04 Å². The van der Waals surface area contributed by atoms with Gasteiger partial charge < -0.3 is 10.2 Å². The number of carbonyl (C=O) groups is 2. The lowest BCUT2D eigenvalue weighted by atomic mass is 9.92. The molecule has 1 N–H and O–H groups in total. The molecule has 0 radical (unpaired) electrons. The Labute approximate surface area is 171 Å². The minimum Gasteiger partial charge on any atom is -0.315 e. The van der Waals surface area contributed by atoms with Gasteiger partial charge in [0.15, 0.2) is 0 Å². The van der Waals surface area contributed by atoms with Crippen molar-refractivity contribution in [2.45, 2.75) is 44.2 Å². The zero-order chi connectivity index (χ0) is 21.3. The fourth-order valence-corrected chi connectivity index (χ4v) is 4.06. The molecule has 0 saturated carbocycles. The van der Waals surface area contributed by atoms with E-state index in [0.29, 0.717) is 18.5 Å². The molecule has 2 aromatic rings. The molecule has 9 heteroatoms. The molecular weight excluding hydrogens is 397 g/mol. The molecule has 0 bridgehead atoms. The molecule has 1 aromatic heterocycles. The lowest BCUT2D eigenvalue weighted by Gasteiger charge is -2.47. The van der Waals surface area contributed by atoms with E-state index < -0.39 is 23.8 Å². The average Bonchev–Trinajstić information content (AvgIpc) is 2.74. The maximum atomic E-state index is 13.2. The Hall–Kier alpha value is -2.94. The predicted molar refractivity (Wildman–Crippen MR) is 102 cm³/mol. The number of aromatic nitrogens is 1. The average molecular weight is 418 g/mol. The third kappa shape index (κ3) is 4.02. The van der Waals surface area contributed by atoms with Crippen molar-refractivity contribution in [1.82, 2.24) is 20.1 Å². The summed E-state index contributed by atoms with van der Waals surface area (Å²) in [5.74, 6) is -0.304. The van der Waals surface area contributed by atoms with Crippen molar-refractivity contribution in [3.8, 4) is 0 Å². The Morgan fingerprint density at radius 3 is 2.57 bits per heavy atom. The molecule has 3 heterocycles. The first-order valence-corrected chi connectivity index (χ1v) is 9.75. The summed E-state index contributed by atoms with van der Waals surface area (Å²) in [4.78, 5) is 32.9. The zero-order valence-corrected chi connectivity index (χ0v) is 16.1. The Kier molecular flexibility index (Phi) is 5.46. The van der Waals surface area contributed by atoms with Crippen LogP contribution in [0, 0.1) is 0 Å². The quantitative estimate of drug-likeness (QED) is 0.828. The van der Waals surface area contributed by atoms with Gasteiger partial charge in [-0.2, -0.15) is 13.2 Å². The number of benzene rings is 1. The molecule has 2 atom stereocenters. The fraction of sp³-hybridized carbons (Fsp3) is 0.381. The molecule has 158 valence electrons. The summed E-state index contributed by atoms with van der Waals surface area (Å²) in [6.45, 7) is 0.748. The van der Waals surface area contributed by atoms with Crippen molar-refractivity contribution >= 4 is 11.9 Å². The molecule has 6 nitrogen and oxygen atoms in total. The molecule has 2 fully saturated rings. The maximum absolute atomic E-state index is 13.2. The van der Waals surface area contributed by atoms with Crippen molar-refractivity contribution in [3.63, 3.8) is 0 Å². The number of amides is 3. The number of imide groups is 1. The van der Waals surface area contributed by atoms with Gasteiger partial charge in [0.05, 0.1) is 18.2 Å². The molecule has 2 saturated heterocycles. The van der Waals surface area contributed by atoms with Gasteiger partial charge in [-0.3, -0.25) is 14.7 Å². The van der Waals surface area contributed by atoms with Crippen LogP contribution in [-0.2, 0) is 24.1 Å². The molecule has 0 spiro atoms. The van der Waals surface area contributed by atoms with E-state index in [1.54, 1.807) is 30.6 Å². The molecule has 3 amide bonds. The minimum atomic E-state index is -4.46. The molecule has 2 unspecified atom stereocenters. The van der Waals surface area contributed by atoms with E-state index in [9.17, 15) is 22.8 Å². The van der Waals surface area contributed by atoms with Crippen LogP contribution in [0.3, 0.4) is 0 Å². The van der Waals surface area contributed by atoms with Crippen LogP contribution in [0.15, 0.2) is 48.8 Å². The normalized spacial score (nSPS) is 22.2. The van der Waals surface area contributed by atoms with Crippen LogP contribution in [0.5, 0.6) is 0 Å². The van der Waals surface area contributed by atoms with Crippen LogP contribution >= 0.6 is 0 Å². The van der Waals surface area contributed by atoms with Gasteiger partial charge in [-0.15, -0.1) is 0 Å². The van der Waals surface area contributed by atoms with E-state index in [4.69, 9.17) is 0 Å². The monoisotopic (exact) mass is 418 g/mol. The number of carbonyl (C=O) groups excluding carboxylic acids is 2. The lowest BCUT2D eigenvalue weighted by molar-refractivity contribution is -0.138. The zero-order valence-electron chi connectivity index (χ0n) is 16.1. The predicted octanol–water partition coefficient (Wildman–Crippen LogP) is 3.19. The summed E-state index contributed by atoms with van der Waals surface area (Å²) in [7, 11) is 0. The first-order valence-electron chi connectivity index (χ1n) is 9.75. The second kappa shape index (κ2) is 8.06. The molecule has 4 rings (SSSR count). The number of alkyl halides is 3. The van der Waals surface area contributed by atoms with Crippen LogP contribution in [0.2, 0.25) is 0 Å². The fourth-order valence-electron chi connectivity index (χ4n) is 4.06. The highest BCUT2D eigenvalue weighted by Crippen LogP contribution is 2.31. The van der Waals surface area contributed by atoms with Gasteiger partial charge in [0, 0.05) is 18.9 Å². The highest BCUT2D eigenvalue weighted by atomic mass is 19.4. The Balaban J connectivity index is 1.63. The highest BCUT2D eigenvalue weighted by molar-refractivity contribution is 6.00. The Morgan fingerprint density at radius 2 is 1.83 bits per heavy atom. The summed E-state index contributed by atoms with van der Waals surface area (Å²) >= 11 is 0. The van der Waals surface area contributed by atoms with Crippen LogP contribution in [0.1, 0.15) is 29.5 Å². The van der Waals surface area contributed by atoms with Gasteiger partial charge in [0.2, 0.25) is 5.91 Å². The van der Waals surface area contributed by atoms with Gasteiger partial charge in [-0.1, -0.05) is 12.1 Å². The van der Waals surface area contributed by atoms with E-state index in [1.165, 1.54) is 15.9 Å². The van der Waals surface area contributed by atoms with Crippen molar-refractivity contribution < 1.29 is 22.8 Å². The molecule has 0 aliphatic carbocycles. The van der Waals surface area contributed by atoms with Gasteiger partial charge in [-0.25, -0.2) is 4.79 Å². The second-order valence-corrected chi connectivity index (χ2v) is 7.53. The van der Waals surface area contributed by atoms with Crippen LogP contribution in [0.25, 0.3) is 0 Å². The maximum Gasteiger partial charge on any atom is 0.416 e. The number of nitrogens with zero attached hydrogens (tertiary/aromatic N) is 3. The number of urea groups is 1. The van der Waals surface area contributed by atoms with Crippen LogP contribution in [-0.4, -0.2) is 45.4 Å². The topological polar surface area (TPSA) is 65.5 Å². The SMILES string of the molecule is O=C1C2NCCCC2N(Cc2cccc(C(F)(F)F)c2)C(=O)N1Cc1ccncc1. The Morgan fingerprint density at radius 1 is 1.07 bits per heavy atom. The van der Waals surface area contributed by atoms with E-state index in [0.717, 1.165) is 24.1 Å². The van der Waals surface area contributed by atoms with Crippen LogP contribution in [0.4, 0.5) is 18.0 Å². The summed E-state index contributed by atoms with van der Waals surface area (Å²) in [5.41, 5.74) is 0.369. The molecular formula is C21H21F3N4O2. The van der Waals surface area contributed by atoms with E-state index in [-0.39, 0.29) is 25.0 Å². The smallest absolute Gasteiger partial charge is 0.315 e. The van der Waals surface area contributed by atoms with E-state index >= 15 is 0 Å². The first-order chi connectivity index (χ1) is 14.3. The second-order valence-electron chi connectivity index (χ2n) is 7.53. The summed E-state index contributed by atoms with van der Waals surface area (Å²) in [6, 6.07) is 6.97. The van der Waals surface area contributed by atoms with E-state index in [2.05, 4.69) is 10.3 Å². The van der Waals surface area contributed by atoms with Crippen molar-refractivity contribution in [1.29, 1.82) is 0 Å². The summed E-state index contributed by atoms with van der Waals surface area (Å²) < 4.78 is 39.3. The molecule has 2 aliphatic heterocycles. The number of rotatable bonds is 4. The first kappa shape index (κ1) is 20.3. The minimum absolute atomic E-state index is 0.00568. The highest BCUT2D eigenvalue weighted by Gasteiger charge is 2.47. The van der Waals surface area contributed by atoms with Crippen molar-refractivity contribution in [2.24, 2.45) is 0 Å². The largest absolute Gasteiger partial charge is 0.416 e. The van der Waals surface area contributed by atoms with Crippen LogP contribution < -0.4 is 5.32 Å². The number of halogens is 3. The van der Waals surface area contributed by atoms with Gasteiger partial charge >= 0.3 is 12.2 Å². The number of pyridine rings is 1. The number of fused-ring (bicyclic) bond motifs is 1. The number of hydrogen-bond acceptors (Lipinski definition) is 4. The molecule has 2 aliphatic rings. The summed E-state index contributed by atoms with van der Waals surface area (Å²) in [5, 5.41) is 3.18. The third-order valence-electron chi connectivity index (χ3n) is 5.53. The van der Waals surface area contributed by atoms with E-state index in [1.807, 2.05) is 0 Å². The number of hydrogen-bond donors (Lipinski definition) is 1. The van der Waals surface area contributed by atoms with Gasteiger partial charge in [-0.05, 0) is 54.8 Å². The third-order valence-corrected chi connectivity index (χ3v) is 5.53. The van der Waals surface area contributed by atoms with Crippen molar-refractivity contribution in [2.75, 3.05) is 6.54 Å². The summed E-state index contributed by atoms with van der Waals surface area (Å²) in [6.07, 6.45) is 0.106. The molecule has 1 aromatic carbocycles. The molecule has 30 heavy (non-hydrogen) atoms. The standard InChI is InChI=1S/C21H21F3N4O2/c22-21(23,24)16-4-1-3-15(11-16)13-27-17-5-2-8-26-18(17)19(29)28(20(27)30)12-14-6-9-25-10-7-14/h1,3-4,6-7,9-11,17-18,26H,2,5,8,12-13H2. The van der Waals surface area contributed by atoms with Gasteiger partial charge in [0.25, 0.3) is 0 Å².